The fraction of sp³-hybridized carbons (Fsp3) is 0.435. The zero-order chi connectivity index (χ0) is 23.5. The van der Waals surface area contributed by atoms with E-state index in [4.69, 9.17) is 21.1 Å². The Morgan fingerprint density at radius 2 is 1.78 bits per heavy atom. The van der Waals surface area contributed by atoms with E-state index in [1.807, 2.05) is 20.8 Å². The molecule has 1 aliphatic rings. The van der Waals surface area contributed by atoms with E-state index < -0.39 is 10.0 Å². The third-order valence-corrected chi connectivity index (χ3v) is 7.79. The summed E-state index contributed by atoms with van der Waals surface area (Å²) in [5, 5.41) is 3.06. The topological polar surface area (TPSA) is 84.9 Å². The molecule has 1 aliphatic heterocycles. The number of carbonyl (C=O) groups is 1. The molecule has 1 unspecified atom stereocenters. The molecule has 9 heteroatoms. The van der Waals surface area contributed by atoms with Crippen LogP contribution in [-0.2, 0) is 19.6 Å². The lowest BCUT2D eigenvalue weighted by Gasteiger charge is -2.26. The molecule has 0 bridgehead atoms. The highest BCUT2D eigenvalue weighted by Gasteiger charge is 2.27. The first-order valence-electron chi connectivity index (χ1n) is 10.5. The summed E-state index contributed by atoms with van der Waals surface area (Å²) in [5.41, 5.74) is 4.54. The summed E-state index contributed by atoms with van der Waals surface area (Å²) in [5.74, 6) is -0.0473. The first-order chi connectivity index (χ1) is 15.1. The Morgan fingerprint density at radius 3 is 2.44 bits per heavy atom. The number of amides is 1. The van der Waals surface area contributed by atoms with Crippen LogP contribution >= 0.6 is 11.6 Å². The molecule has 1 heterocycles. The summed E-state index contributed by atoms with van der Waals surface area (Å²) in [6, 6.07) is 8.27. The van der Waals surface area contributed by atoms with Gasteiger partial charge in [-0.05, 0) is 68.1 Å². The van der Waals surface area contributed by atoms with Crippen molar-refractivity contribution in [3.05, 3.63) is 57.6 Å². The minimum absolute atomic E-state index is 0.0834. The maximum Gasteiger partial charge on any atom is 0.258 e. The zero-order valence-corrected chi connectivity index (χ0v) is 20.3. The average Bonchev–Trinajstić information content (AvgIpc) is 2.75. The SMILES string of the molecule is Cc1cc(C)c(C(C)NC(=O)COc2ccc(S(=O)(=O)N3CCOCC3)cc2Cl)cc1C. The highest BCUT2D eigenvalue weighted by Crippen LogP contribution is 2.29. The van der Waals surface area contributed by atoms with Crippen LogP contribution in [-0.4, -0.2) is 51.5 Å². The normalized spacial score (nSPS) is 15.9. The van der Waals surface area contributed by atoms with Crippen LogP contribution in [0.15, 0.2) is 35.2 Å². The van der Waals surface area contributed by atoms with E-state index in [1.54, 1.807) is 0 Å². The second-order valence-corrected chi connectivity index (χ2v) is 10.3. The van der Waals surface area contributed by atoms with Gasteiger partial charge in [-0.3, -0.25) is 4.79 Å². The van der Waals surface area contributed by atoms with E-state index in [2.05, 4.69) is 24.4 Å². The predicted molar refractivity (Wildman–Crippen MR) is 124 cm³/mol. The number of hydrogen-bond acceptors (Lipinski definition) is 5. The number of benzene rings is 2. The predicted octanol–water partition coefficient (Wildman–Crippen LogP) is 3.54. The Morgan fingerprint density at radius 1 is 1.12 bits per heavy atom. The van der Waals surface area contributed by atoms with Crippen molar-refractivity contribution in [3.8, 4) is 5.75 Å². The minimum Gasteiger partial charge on any atom is -0.482 e. The molecular formula is C23H29ClN2O5S. The molecule has 1 amide bonds. The van der Waals surface area contributed by atoms with Crippen molar-refractivity contribution in [2.24, 2.45) is 0 Å². The molecule has 32 heavy (non-hydrogen) atoms. The number of rotatable bonds is 7. The van der Waals surface area contributed by atoms with E-state index >= 15 is 0 Å². The largest absolute Gasteiger partial charge is 0.482 e. The molecule has 1 N–H and O–H groups in total. The first kappa shape index (κ1) is 24.5. The number of aryl methyl sites for hydroxylation is 3. The van der Waals surface area contributed by atoms with Crippen molar-refractivity contribution in [1.29, 1.82) is 0 Å². The minimum atomic E-state index is -3.66. The standard InChI is InChI=1S/C23H29ClN2O5S/c1-15-11-17(3)20(12-16(15)2)18(4)25-23(27)14-31-22-6-5-19(13-21(22)24)32(28,29)26-7-9-30-10-8-26/h5-6,11-13,18H,7-10,14H2,1-4H3,(H,25,27). The van der Waals surface area contributed by atoms with Crippen LogP contribution in [0.5, 0.6) is 5.75 Å². The molecular weight excluding hydrogens is 452 g/mol. The number of halogens is 1. The van der Waals surface area contributed by atoms with Crippen molar-refractivity contribution in [2.45, 2.75) is 38.6 Å². The lowest BCUT2D eigenvalue weighted by molar-refractivity contribution is -0.123. The molecule has 0 aromatic heterocycles. The van der Waals surface area contributed by atoms with Crippen LogP contribution in [0.4, 0.5) is 0 Å². The second-order valence-electron chi connectivity index (χ2n) is 7.98. The van der Waals surface area contributed by atoms with Crippen molar-refractivity contribution >= 4 is 27.5 Å². The Labute approximate surface area is 194 Å². The van der Waals surface area contributed by atoms with E-state index in [9.17, 15) is 13.2 Å². The van der Waals surface area contributed by atoms with Crippen molar-refractivity contribution in [1.82, 2.24) is 9.62 Å². The van der Waals surface area contributed by atoms with Gasteiger partial charge in [-0.15, -0.1) is 0 Å². The smallest absolute Gasteiger partial charge is 0.258 e. The van der Waals surface area contributed by atoms with E-state index in [0.717, 1.165) is 11.1 Å². The van der Waals surface area contributed by atoms with Gasteiger partial charge in [0.1, 0.15) is 5.75 Å². The van der Waals surface area contributed by atoms with Gasteiger partial charge in [0.05, 0.1) is 29.2 Å². The van der Waals surface area contributed by atoms with Crippen LogP contribution < -0.4 is 10.1 Å². The molecule has 2 aromatic carbocycles. The van der Waals surface area contributed by atoms with E-state index in [0.29, 0.717) is 26.3 Å². The van der Waals surface area contributed by atoms with Gasteiger partial charge in [0.15, 0.2) is 6.61 Å². The first-order valence-corrected chi connectivity index (χ1v) is 12.3. The van der Waals surface area contributed by atoms with Gasteiger partial charge in [0, 0.05) is 13.1 Å². The summed E-state index contributed by atoms with van der Waals surface area (Å²) in [7, 11) is -3.66. The number of nitrogens with zero attached hydrogens (tertiary/aromatic N) is 1. The maximum absolute atomic E-state index is 12.8. The molecule has 0 saturated carbocycles. The van der Waals surface area contributed by atoms with Crippen LogP contribution in [0.25, 0.3) is 0 Å². The van der Waals surface area contributed by atoms with Gasteiger partial charge in [0.25, 0.3) is 5.91 Å². The molecule has 1 atom stereocenters. The van der Waals surface area contributed by atoms with Crippen LogP contribution in [0, 0.1) is 20.8 Å². The number of carbonyl (C=O) groups excluding carboxylic acids is 1. The lowest BCUT2D eigenvalue weighted by Crippen LogP contribution is -2.40. The number of ether oxygens (including phenoxy) is 2. The average molecular weight is 481 g/mol. The molecule has 0 aliphatic carbocycles. The monoisotopic (exact) mass is 480 g/mol. The number of hydrogen-bond donors (Lipinski definition) is 1. The highest BCUT2D eigenvalue weighted by atomic mass is 35.5. The third-order valence-electron chi connectivity index (χ3n) is 5.60. The van der Waals surface area contributed by atoms with Gasteiger partial charge in [-0.1, -0.05) is 23.7 Å². The molecule has 174 valence electrons. The zero-order valence-electron chi connectivity index (χ0n) is 18.8. The molecule has 2 aromatic rings. The van der Waals surface area contributed by atoms with Gasteiger partial charge >= 0.3 is 0 Å². The quantitative estimate of drug-likeness (QED) is 0.655. The van der Waals surface area contributed by atoms with Gasteiger partial charge < -0.3 is 14.8 Å². The molecule has 0 radical (unpaired) electrons. The van der Waals surface area contributed by atoms with Gasteiger partial charge in [-0.25, -0.2) is 8.42 Å². The fourth-order valence-electron chi connectivity index (χ4n) is 3.65. The van der Waals surface area contributed by atoms with Crippen LogP contribution in [0.2, 0.25) is 5.02 Å². The number of morpholine rings is 1. The number of sulfonamides is 1. The summed E-state index contributed by atoms with van der Waals surface area (Å²) in [6.07, 6.45) is 0. The van der Waals surface area contributed by atoms with Crippen molar-refractivity contribution in [3.63, 3.8) is 0 Å². The molecule has 1 fully saturated rings. The lowest BCUT2D eigenvalue weighted by atomic mass is 9.96. The summed E-state index contributed by atoms with van der Waals surface area (Å²) in [4.78, 5) is 12.5. The highest BCUT2D eigenvalue weighted by molar-refractivity contribution is 7.89. The van der Waals surface area contributed by atoms with Crippen molar-refractivity contribution < 1.29 is 22.7 Å². The summed E-state index contributed by atoms with van der Waals surface area (Å²) < 4.78 is 37.6. The Balaban J connectivity index is 1.62. The van der Waals surface area contributed by atoms with E-state index in [1.165, 1.54) is 33.6 Å². The van der Waals surface area contributed by atoms with Gasteiger partial charge in [0.2, 0.25) is 10.0 Å². The Hall–Kier alpha value is -2.13. The molecule has 7 nitrogen and oxygen atoms in total. The Kier molecular flexibility index (Phi) is 7.82. The second kappa shape index (κ2) is 10.2. The molecule has 1 saturated heterocycles. The Bertz CT molecular complexity index is 1100. The van der Waals surface area contributed by atoms with Crippen LogP contribution in [0.3, 0.4) is 0 Å². The van der Waals surface area contributed by atoms with Crippen molar-refractivity contribution in [2.75, 3.05) is 32.9 Å². The van der Waals surface area contributed by atoms with Gasteiger partial charge in [-0.2, -0.15) is 4.31 Å². The molecule has 3 rings (SSSR count). The summed E-state index contributed by atoms with van der Waals surface area (Å²) in [6.45, 7) is 9.15. The van der Waals surface area contributed by atoms with E-state index in [-0.39, 0.29) is 34.2 Å². The third kappa shape index (κ3) is 5.61. The fourth-order valence-corrected chi connectivity index (χ4v) is 5.38. The number of nitrogens with one attached hydrogen (secondary N) is 1. The summed E-state index contributed by atoms with van der Waals surface area (Å²) >= 11 is 6.25. The maximum atomic E-state index is 12.8. The molecule has 0 spiro atoms. The van der Waals surface area contributed by atoms with Crippen LogP contribution in [0.1, 0.15) is 35.2 Å².